The maximum absolute atomic E-state index is 5.53. The molecule has 3 heteroatoms. The molecule has 0 bridgehead atoms. The highest BCUT2D eigenvalue weighted by atomic mass is 32.2. The maximum Gasteiger partial charge on any atom is 0.0563 e. The van der Waals surface area contributed by atoms with Gasteiger partial charge in [-0.2, -0.15) is 0 Å². The zero-order valence-electron chi connectivity index (χ0n) is 11.2. The summed E-state index contributed by atoms with van der Waals surface area (Å²) >= 11 is 1.85. The third-order valence-electron chi connectivity index (χ3n) is 2.59. The smallest absolute Gasteiger partial charge is 0.0563 e. The van der Waals surface area contributed by atoms with E-state index in [-0.39, 0.29) is 0 Å². The van der Waals surface area contributed by atoms with Gasteiger partial charge in [-0.1, -0.05) is 12.1 Å². The molecule has 0 aliphatic heterocycles. The van der Waals surface area contributed by atoms with Crippen molar-refractivity contribution in [3.63, 3.8) is 0 Å². The summed E-state index contributed by atoms with van der Waals surface area (Å²) in [4.78, 5) is 1.32. The summed E-state index contributed by atoms with van der Waals surface area (Å²) in [7, 11) is 1.99. The second-order valence-electron chi connectivity index (χ2n) is 4.35. The largest absolute Gasteiger partial charge is 0.378 e. The van der Waals surface area contributed by atoms with Crippen LogP contribution in [0.4, 0.5) is 0 Å². The van der Waals surface area contributed by atoms with Gasteiger partial charge in [0.25, 0.3) is 0 Å². The Balaban J connectivity index is 2.43. The molecule has 0 amide bonds. The number of hydrogen-bond donors (Lipinski definition) is 1. The van der Waals surface area contributed by atoms with Crippen LogP contribution in [-0.4, -0.2) is 25.5 Å². The summed E-state index contributed by atoms with van der Waals surface area (Å²) in [5.74, 6) is 1.01. The van der Waals surface area contributed by atoms with Crippen LogP contribution in [0.5, 0.6) is 0 Å². The van der Waals surface area contributed by atoms with Crippen molar-refractivity contribution < 1.29 is 4.74 Å². The molecule has 0 aromatic heterocycles. The van der Waals surface area contributed by atoms with Gasteiger partial charge < -0.3 is 10.1 Å². The van der Waals surface area contributed by atoms with Gasteiger partial charge in [-0.05, 0) is 45.5 Å². The van der Waals surface area contributed by atoms with Crippen molar-refractivity contribution in [1.82, 2.24) is 5.32 Å². The molecule has 0 spiro atoms. The molecule has 2 nitrogen and oxygen atoms in total. The number of ether oxygens (including phenoxy) is 1. The highest BCUT2D eigenvalue weighted by Crippen LogP contribution is 2.22. The Morgan fingerprint density at radius 3 is 2.71 bits per heavy atom. The van der Waals surface area contributed by atoms with Gasteiger partial charge in [0, 0.05) is 16.7 Å². The molecule has 0 aliphatic carbocycles. The molecule has 17 heavy (non-hydrogen) atoms. The van der Waals surface area contributed by atoms with E-state index in [1.165, 1.54) is 10.5 Å². The Kier molecular flexibility index (Phi) is 6.63. The van der Waals surface area contributed by atoms with Crippen LogP contribution in [0.25, 0.3) is 0 Å². The molecule has 1 aromatic carbocycles. The first-order valence-corrected chi connectivity index (χ1v) is 7.13. The van der Waals surface area contributed by atoms with Crippen molar-refractivity contribution in [2.45, 2.75) is 37.8 Å². The van der Waals surface area contributed by atoms with Gasteiger partial charge >= 0.3 is 0 Å². The van der Waals surface area contributed by atoms with Crippen LogP contribution in [0, 0.1) is 0 Å². The molecule has 96 valence electrons. The average molecular weight is 253 g/mol. The van der Waals surface area contributed by atoms with Crippen molar-refractivity contribution in [1.29, 1.82) is 0 Å². The zero-order chi connectivity index (χ0) is 12.7. The molecule has 0 heterocycles. The summed E-state index contributed by atoms with van der Waals surface area (Å²) in [5, 5.41) is 3.26. The lowest BCUT2D eigenvalue weighted by Crippen LogP contribution is -2.12. The van der Waals surface area contributed by atoms with Crippen LogP contribution in [0.3, 0.4) is 0 Å². The monoisotopic (exact) mass is 253 g/mol. The fourth-order valence-corrected chi connectivity index (χ4v) is 2.29. The minimum atomic E-state index is 0.325. The quantitative estimate of drug-likeness (QED) is 0.594. The van der Waals surface area contributed by atoms with Crippen LogP contribution < -0.4 is 5.32 Å². The molecule has 0 saturated carbocycles. The molecule has 1 N–H and O–H groups in total. The first kappa shape index (κ1) is 14.6. The molecule has 1 rings (SSSR count). The van der Waals surface area contributed by atoms with Gasteiger partial charge in [0.05, 0.1) is 12.7 Å². The molecular weight excluding hydrogens is 230 g/mol. The predicted molar refractivity (Wildman–Crippen MR) is 75.7 cm³/mol. The van der Waals surface area contributed by atoms with Gasteiger partial charge in [0.1, 0.15) is 0 Å². The van der Waals surface area contributed by atoms with Crippen LogP contribution in [0.2, 0.25) is 0 Å². The normalized spacial score (nSPS) is 13.0. The Hall–Kier alpha value is -0.510. The van der Waals surface area contributed by atoms with E-state index in [4.69, 9.17) is 4.74 Å². The summed E-state index contributed by atoms with van der Waals surface area (Å²) in [6.07, 6.45) is 0.325. The first-order valence-electron chi connectivity index (χ1n) is 6.15. The highest BCUT2D eigenvalue weighted by molar-refractivity contribution is 7.99. The fourth-order valence-electron chi connectivity index (χ4n) is 1.48. The van der Waals surface area contributed by atoms with Crippen LogP contribution >= 0.6 is 11.8 Å². The lowest BCUT2D eigenvalue weighted by molar-refractivity contribution is 0.0920. The predicted octanol–water partition coefficient (Wildman–Crippen LogP) is 3.48. The summed E-state index contributed by atoms with van der Waals surface area (Å²) in [6.45, 7) is 7.12. The third kappa shape index (κ3) is 5.57. The van der Waals surface area contributed by atoms with Crippen molar-refractivity contribution >= 4 is 11.8 Å². The van der Waals surface area contributed by atoms with Gasteiger partial charge in [-0.25, -0.2) is 0 Å². The van der Waals surface area contributed by atoms with E-state index in [2.05, 4.69) is 50.4 Å². The molecule has 1 aromatic rings. The van der Waals surface area contributed by atoms with Crippen molar-refractivity contribution in [2.24, 2.45) is 0 Å². The molecule has 0 aliphatic rings. The third-order valence-corrected chi connectivity index (χ3v) is 3.55. The Morgan fingerprint density at radius 2 is 2.06 bits per heavy atom. The van der Waals surface area contributed by atoms with E-state index in [1.54, 1.807) is 0 Å². The second kappa shape index (κ2) is 7.75. The van der Waals surface area contributed by atoms with Gasteiger partial charge in [-0.15, -0.1) is 11.8 Å². The molecular formula is C14H23NOS. The first-order chi connectivity index (χ1) is 8.13. The zero-order valence-corrected chi connectivity index (χ0v) is 12.0. The van der Waals surface area contributed by atoms with Crippen LogP contribution in [-0.2, 0) is 4.74 Å². The minimum absolute atomic E-state index is 0.325. The Morgan fingerprint density at radius 1 is 1.29 bits per heavy atom. The summed E-state index contributed by atoms with van der Waals surface area (Å²) in [6, 6.07) is 9.10. The number of nitrogens with one attached hydrogen (secondary N) is 1. The number of hydrogen-bond acceptors (Lipinski definition) is 3. The van der Waals surface area contributed by atoms with Crippen molar-refractivity contribution in [3.05, 3.63) is 29.8 Å². The van der Waals surface area contributed by atoms with Gasteiger partial charge in [-0.3, -0.25) is 0 Å². The van der Waals surface area contributed by atoms with Crippen LogP contribution in [0.1, 0.15) is 32.4 Å². The summed E-state index contributed by atoms with van der Waals surface area (Å²) in [5.41, 5.74) is 1.34. The van der Waals surface area contributed by atoms with E-state index >= 15 is 0 Å². The molecule has 0 radical (unpaired) electrons. The second-order valence-corrected chi connectivity index (χ2v) is 5.52. The minimum Gasteiger partial charge on any atom is -0.378 e. The Labute approximate surface area is 109 Å². The lowest BCUT2D eigenvalue weighted by atomic mass is 10.1. The number of thioether (sulfide) groups is 1. The van der Waals surface area contributed by atoms with Crippen LogP contribution in [0.15, 0.2) is 29.2 Å². The average Bonchev–Trinajstić information content (AvgIpc) is 2.34. The van der Waals surface area contributed by atoms with E-state index in [1.807, 2.05) is 18.8 Å². The standard InChI is InChI=1S/C14H23NOS/c1-11(2)16-8-9-17-14-7-5-6-13(10-14)12(3)15-4/h5-7,10-12,15H,8-9H2,1-4H3. The summed E-state index contributed by atoms with van der Waals surface area (Å²) < 4.78 is 5.53. The number of benzene rings is 1. The number of rotatable bonds is 7. The highest BCUT2D eigenvalue weighted by Gasteiger charge is 2.03. The van der Waals surface area contributed by atoms with E-state index in [9.17, 15) is 0 Å². The van der Waals surface area contributed by atoms with E-state index < -0.39 is 0 Å². The van der Waals surface area contributed by atoms with E-state index in [0.29, 0.717) is 12.1 Å². The molecule has 0 saturated heterocycles. The molecule has 1 unspecified atom stereocenters. The maximum atomic E-state index is 5.53. The van der Waals surface area contributed by atoms with E-state index in [0.717, 1.165) is 12.4 Å². The lowest BCUT2D eigenvalue weighted by Gasteiger charge is -2.12. The SMILES string of the molecule is CNC(C)c1cccc(SCCOC(C)C)c1. The van der Waals surface area contributed by atoms with Crippen molar-refractivity contribution in [3.8, 4) is 0 Å². The van der Waals surface area contributed by atoms with Gasteiger partial charge in [0.15, 0.2) is 0 Å². The van der Waals surface area contributed by atoms with Gasteiger partial charge in [0.2, 0.25) is 0 Å². The van der Waals surface area contributed by atoms with Crippen molar-refractivity contribution in [2.75, 3.05) is 19.4 Å². The fraction of sp³-hybridized carbons (Fsp3) is 0.571. The molecule has 0 fully saturated rings. The molecule has 1 atom stereocenters. The Bertz CT molecular complexity index is 328. The topological polar surface area (TPSA) is 21.3 Å².